The van der Waals surface area contributed by atoms with Crippen molar-refractivity contribution >= 4 is 56.3 Å². The Morgan fingerprint density at radius 2 is 1.66 bits per heavy atom. The molecule has 1 heterocycles. The number of hydrogen-bond donors (Lipinski definition) is 1. The second-order valence-electron chi connectivity index (χ2n) is 6.99. The largest absolute Gasteiger partial charge is 0.322 e. The van der Waals surface area contributed by atoms with Crippen LogP contribution in [-0.4, -0.2) is 26.7 Å². The van der Waals surface area contributed by atoms with Crippen LogP contribution in [-0.2, 0) is 10.0 Å². The van der Waals surface area contributed by atoms with Crippen LogP contribution in [0.4, 0.5) is 15.8 Å². The summed E-state index contributed by atoms with van der Waals surface area (Å²) in [6, 6.07) is 13.4. The molecule has 1 aliphatic rings. The summed E-state index contributed by atoms with van der Waals surface area (Å²) >= 11 is 12.2. The van der Waals surface area contributed by atoms with Gasteiger partial charge in [0, 0.05) is 24.2 Å². The minimum atomic E-state index is -4.07. The number of Topliss-reactive ketones (excluding diaryl/α,β-unsaturated/α-hetero) is 1. The molecule has 0 unspecified atom stereocenters. The van der Waals surface area contributed by atoms with Crippen LogP contribution in [0.15, 0.2) is 65.6 Å². The van der Waals surface area contributed by atoms with E-state index in [9.17, 15) is 22.4 Å². The number of carbonyl (C=O) groups is 2. The molecule has 0 saturated heterocycles. The standard InChI is InChI=1S/C22H15Cl2FN2O4S/c23-17-2-1-3-18(24)21(17)22(29)26-14-6-9-16-19(12-14)27(11-10-20(16)28)32(30,31)15-7-4-13(25)5-8-15/h1-9,12H,10-11H2,(H,26,29). The van der Waals surface area contributed by atoms with Crippen molar-refractivity contribution in [3.05, 3.63) is 87.7 Å². The van der Waals surface area contributed by atoms with Crippen LogP contribution in [0.5, 0.6) is 0 Å². The molecule has 3 aromatic carbocycles. The topological polar surface area (TPSA) is 83.6 Å². The zero-order valence-corrected chi connectivity index (χ0v) is 18.6. The minimum absolute atomic E-state index is 0.00559. The highest BCUT2D eigenvalue weighted by Gasteiger charge is 2.32. The Morgan fingerprint density at radius 1 is 1.00 bits per heavy atom. The van der Waals surface area contributed by atoms with Gasteiger partial charge >= 0.3 is 0 Å². The molecule has 0 aliphatic carbocycles. The summed E-state index contributed by atoms with van der Waals surface area (Å²) in [4.78, 5) is 25.0. The van der Waals surface area contributed by atoms with E-state index in [0.29, 0.717) is 0 Å². The summed E-state index contributed by atoms with van der Waals surface area (Å²) < 4.78 is 40.7. The molecule has 4 rings (SSSR count). The van der Waals surface area contributed by atoms with E-state index in [2.05, 4.69) is 5.32 Å². The number of sulfonamides is 1. The maximum Gasteiger partial charge on any atom is 0.264 e. The smallest absolute Gasteiger partial charge is 0.264 e. The number of nitrogens with zero attached hydrogens (tertiary/aromatic N) is 1. The molecule has 0 fully saturated rings. The molecule has 0 spiro atoms. The van der Waals surface area contributed by atoms with Crippen molar-refractivity contribution in [3.63, 3.8) is 0 Å². The number of halogens is 3. The van der Waals surface area contributed by atoms with Gasteiger partial charge in [-0.05, 0) is 54.6 Å². The number of hydrogen-bond acceptors (Lipinski definition) is 4. The Hall–Kier alpha value is -2.94. The van der Waals surface area contributed by atoms with Gasteiger partial charge in [-0.2, -0.15) is 0 Å². The van der Waals surface area contributed by atoms with Gasteiger partial charge in [-0.3, -0.25) is 13.9 Å². The van der Waals surface area contributed by atoms with E-state index >= 15 is 0 Å². The average molecular weight is 493 g/mol. The lowest BCUT2D eigenvalue weighted by Crippen LogP contribution is -2.37. The van der Waals surface area contributed by atoms with Gasteiger partial charge in [0.1, 0.15) is 5.82 Å². The fraction of sp³-hybridized carbons (Fsp3) is 0.0909. The predicted octanol–water partition coefficient (Wildman–Crippen LogP) is 5.17. The van der Waals surface area contributed by atoms with Crippen LogP contribution < -0.4 is 9.62 Å². The van der Waals surface area contributed by atoms with Gasteiger partial charge in [0.05, 0.1) is 26.2 Å². The average Bonchev–Trinajstić information content (AvgIpc) is 2.74. The number of nitrogens with one attached hydrogen (secondary N) is 1. The first-order valence-electron chi connectivity index (χ1n) is 9.39. The lowest BCUT2D eigenvalue weighted by molar-refractivity contribution is 0.0981. The van der Waals surface area contributed by atoms with Crippen molar-refractivity contribution in [2.45, 2.75) is 11.3 Å². The summed E-state index contributed by atoms with van der Waals surface area (Å²) in [7, 11) is -4.07. The SMILES string of the molecule is O=C1CCN(S(=O)(=O)c2ccc(F)cc2)c2cc(NC(=O)c3c(Cl)cccc3Cl)ccc21. The van der Waals surface area contributed by atoms with Gasteiger partial charge in [0.2, 0.25) is 0 Å². The molecule has 32 heavy (non-hydrogen) atoms. The quantitative estimate of drug-likeness (QED) is 0.544. The maximum atomic E-state index is 13.3. The molecular formula is C22H15Cl2FN2O4S. The zero-order chi connectivity index (χ0) is 23.0. The number of rotatable bonds is 4. The molecule has 0 atom stereocenters. The van der Waals surface area contributed by atoms with Crippen molar-refractivity contribution in [1.29, 1.82) is 0 Å². The third-order valence-corrected chi connectivity index (χ3v) is 7.42. The Morgan fingerprint density at radius 3 is 2.31 bits per heavy atom. The van der Waals surface area contributed by atoms with E-state index < -0.39 is 21.7 Å². The fourth-order valence-electron chi connectivity index (χ4n) is 3.40. The van der Waals surface area contributed by atoms with Gasteiger partial charge in [0.25, 0.3) is 15.9 Å². The number of amides is 1. The van der Waals surface area contributed by atoms with Crippen molar-refractivity contribution in [2.24, 2.45) is 0 Å². The zero-order valence-electron chi connectivity index (χ0n) is 16.3. The molecular weight excluding hydrogens is 478 g/mol. The Bertz CT molecular complexity index is 1320. The van der Waals surface area contributed by atoms with Crippen LogP contribution in [0.25, 0.3) is 0 Å². The van der Waals surface area contributed by atoms with Crippen molar-refractivity contribution in [2.75, 3.05) is 16.2 Å². The normalized spacial score (nSPS) is 13.6. The lowest BCUT2D eigenvalue weighted by Gasteiger charge is -2.30. The first-order valence-corrected chi connectivity index (χ1v) is 11.6. The van der Waals surface area contributed by atoms with E-state index in [1.54, 1.807) is 6.07 Å². The van der Waals surface area contributed by atoms with Crippen LogP contribution in [0.2, 0.25) is 10.0 Å². The van der Waals surface area contributed by atoms with E-state index in [-0.39, 0.29) is 56.2 Å². The Balaban J connectivity index is 1.72. The van der Waals surface area contributed by atoms with Crippen LogP contribution in [0.3, 0.4) is 0 Å². The number of fused-ring (bicyclic) bond motifs is 1. The third-order valence-electron chi connectivity index (χ3n) is 4.96. The van der Waals surface area contributed by atoms with Crippen molar-refractivity contribution < 1.29 is 22.4 Å². The summed E-state index contributed by atoms with van der Waals surface area (Å²) in [6.07, 6.45) is -0.00559. The number of anilines is 2. The van der Waals surface area contributed by atoms with Crippen molar-refractivity contribution in [3.8, 4) is 0 Å². The van der Waals surface area contributed by atoms with Crippen LogP contribution in [0, 0.1) is 5.82 Å². The van der Waals surface area contributed by atoms with Gasteiger partial charge in [-0.1, -0.05) is 29.3 Å². The van der Waals surface area contributed by atoms with E-state index in [1.807, 2.05) is 0 Å². The molecule has 10 heteroatoms. The first kappa shape index (κ1) is 22.3. The first-order chi connectivity index (χ1) is 15.2. The van der Waals surface area contributed by atoms with Crippen molar-refractivity contribution in [1.82, 2.24) is 0 Å². The van der Waals surface area contributed by atoms with Gasteiger partial charge in [-0.15, -0.1) is 0 Å². The van der Waals surface area contributed by atoms with E-state index in [0.717, 1.165) is 28.6 Å². The molecule has 1 aliphatic heterocycles. The monoisotopic (exact) mass is 492 g/mol. The molecule has 1 amide bonds. The summed E-state index contributed by atoms with van der Waals surface area (Å²) in [6.45, 7) is -0.0840. The van der Waals surface area contributed by atoms with E-state index in [4.69, 9.17) is 23.2 Å². The molecule has 0 saturated carbocycles. The van der Waals surface area contributed by atoms with Crippen LogP contribution >= 0.6 is 23.2 Å². The summed E-state index contributed by atoms with van der Waals surface area (Å²) in [5.41, 5.74) is 0.642. The van der Waals surface area contributed by atoms with Gasteiger partial charge < -0.3 is 5.32 Å². The molecule has 164 valence electrons. The molecule has 6 nitrogen and oxygen atoms in total. The minimum Gasteiger partial charge on any atom is -0.322 e. The number of ketones is 1. The van der Waals surface area contributed by atoms with E-state index in [1.165, 1.54) is 30.3 Å². The Kier molecular flexibility index (Phi) is 5.94. The maximum absolute atomic E-state index is 13.3. The third kappa shape index (κ3) is 4.09. The predicted molar refractivity (Wildman–Crippen MR) is 121 cm³/mol. The highest BCUT2D eigenvalue weighted by atomic mass is 35.5. The highest BCUT2D eigenvalue weighted by molar-refractivity contribution is 7.92. The highest BCUT2D eigenvalue weighted by Crippen LogP contribution is 2.35. The van der Waals surface area contributed by atoms with Crippen LogP contribution in [0.1, 0.15) is 27.1 Å². The summed E-state index contributed by atoms with van der Waals surface area (Å²) in [5.74, 6) is -1.38. The molecule has 1 N–H and O–H groups in total. The molecule has 0 aromatic heterocycles. The number of carbonyl (C=O) groups excluding carboxylic acids is 2. The fourth-order valence-corrected chi connectivity index (χ4v) is 5.45. The molecule has 0 radical (unpaired) electrons. The Labute approximate surface area is 193 Å². The second-order valence-corrected chi connectivity index (χ2v) is 9.66. The second kappa shape index (κ2) is 8.54. The lowest BCUT2D eigenvalue weighted by atomic mass is 10.0. The molecule has 0 bridgehead atoms. The summed E-state index contributed by atoms with van der Waals surface area (Å²) in [5, 5.41) is 2.95. The van der Waals surface area contributed by atoms with Gasteiger partial charge in [-0.25, -0.2) is 12.8 Å². The molecule has 3 aromatic rings. The number of benzene rings is 3. The van der Waals surface area contributed by atoms with Gasteiger partial charge in [0.15, 0.2) is 5.78 Å².